The zero-order valence-corrected chi connectivity index (χ0v) is 11.6. The van der Waals surface area contributed by atoms with Crippen LogP contribution in [0.3, 0.4) is 0 Å². The van der Waals surface area contributed by atoms with Gasteiger partial charge in [0.15, 0.2) is 0 Å². The number of rotatable bonds is 5. The highest BCUT2D eigenvalue weighted by molar-refractivity contribution is 7.46. The fourth-order valence-electron chi connectivity index (χ4n) is 2.19. The van der Waals surface area contributed by atoms with Crippen LogP contribution < -0.4 is 10.0 Å². The topological polar surface area (TPSA) is 12.5 Å². The minimum atomic E-state index is 0.813. The first-order valence-electron chi connectivity index (χ1n) is 6.51. The maximum absolute atomic E-state index is 5.77. The van der Waals surface area contributed by atoms with E-state index in [1.165, 1.54) is 37.7 Å². The highest BCUT2D eigenvalue weighted by Crippen LogP contribution is 2.12. The Kier molecular flexibility index (Phi) is 5.28. The lowest BCUT2D eigenvalue weighted by atomic mass is 10.1. The van der Waals surface area contributed by atoms with Gasteiger partial charge in [-0.1, -0.05) is 27.1 Å². The van der Waals surface area contributed by atoms with Crippen LogP contribution in [0.2, 0.25) is 0 Å². The molecule has 0 radical (unpaired) electrons. The van der Waals surface area contributed by atoms with Gasteiger partial charge in [0.05, 0.1) is 0 Å². The maximum atomic E-state index is 5.77. The van der Waals surface area contributed by atoms with Crippen molar-refractivity contribution in [2.45, 2.75) is 19.3 Å². The summed E-state index contributed by atoms with van der Waals surface area (Å²) in [6, 6.07) is 8.49. The van der Waals surface area contributed by atoms with Gasteiger partial charge in [-0.25, -0.2) is 0 Å². The third kappa shape index (κ3) is 4.29. The number of likely N-dealkylation sites (tertiary alicyclic amines) is 1. The van der Waals surface area contributed by atoms with E-state index >= 15 is 0 Å². The molecule has 1 unspecified atom stereocenters. The molecule has 0 saturated carbocycles. The predicted octanol–water partition coefficient (Wildman–Crippen LogP) is 2.48. The highest BCUT2D eigenvalue weighted by atomic mass is 31.1. The Morgan fingerprint density at radius 3 is 2.47 bits per heavy atom. The first kappa shape index (κ1) is 12.9. The van der Waals surface area contributed by atoms with Gasteiger partial charge in [-0.05, 0) is 50.0 Å². The number of hydrogen-bond donors (Lipinski definition) is 0. The van der Waals surface area contributed by atoms with Gasteiger partial charge < -0.3 is 4.74 Å². The van der Waals surface area contributed by atoms with E-state index in [1.54, 1.807) is 0 Å². The van der Waals surface area contributed by atoms with E-state index in [4.69, 9.17) is 4.74 Å². The van der Waals surface area contributed by atoms with E-state index in [1.807, 2.05) is 0 Å². The van der Waals surface area contributed by atoms with Gasteiger partial charge >= 0.3 is 0 Å². The standard InChI is InChI=1S/C14H22NOP/c1-17-14-7-5-13(6-8-14)16-12-11-15-9-3-2-4-10-15/h5-8,17H,2-4,9-12H2,1H3. The van der Waals surface area contributed by atoms with Crippen molar-refractivity contribution in [3.8, 4) is 5.75 Å². The van der Waals surface area contributed by atoms with Crippen LogP contribution in [0.5, 0.6) is 5.75 Å². The molecule has 0 N–H and O–H groups in total. The van der Waals surface area contributed by atoms with Gasteiger partial charge in [0.25, 0.3) is 0 Å². The van der Waals surface area contributed by atoms with E-state index in [2.05, 4.69) is 35.8 Å². The van der Waals surface area contributed by atoms with Gasteiger partial charge in [0, 0.05) is 6.54 Å². The molecule has 17 heavy (non-hydrogen) atoms. The van der Waals surface area contributed by atoms with Crippen LogP contribution in [-0.4, -0.2) is 37.8 Å². The van der Waals surface area contributed by atoms with Crippen LogP contribution >= 0.6 is 8.58 Å². The van der Waals surface area contributed by atoms with Crippen molar-refractivity contribution in [3.05, 3.63) is 24.3 Å². The molecule has 1 heterocycles. The molecule has 1 aliphatic rings. The molecule has 1 saturated heterocycles. The number of benzene rings is 1. The van der Waals surface area contributed by atoms with Gasteiger partial charge in [-0.2, -0.15) is 0 Å². The molecule has 0 bridgehead atoms. The average molecular weight is 251 g/mol. The largest absolute Gasteiger partial charge is 0.492 e. The normalized spacial score (nSPS) is 17.7. The van der Waals surface area contributed by atoms with Crippen LogP contribution in [-0.2, 0) is 0 Å². The number of piperidine rings is 1. The van der Waals surface area contributed by atoms with Crippen LogP contribution in [0.4, 0.5) is 0 Å². The lowest BCUT2D eigenvalue weighted by Gasteiger charge is -2.26. The Bertz CT molecular complexity index is 319. The van der Waals surface area contributed by atoms with E-state index in [0.29, 0.717) is 0 Å². The molecule has 0 spiro atoms. The summed E-state index contributed by atoms with van der Waals surface area (Å²) in [4.78, 5) is 2.51. The maximum Gasteiger partial charge on any atom is 0.119 e. The van der Waals surface area contributed by atoms with Crippen LogP contribution in [0.1, 0.15) is 19.3 Å². The molecule has 2 rings (SSSR count). The molecule has 94 valence electrons. The second kappa shape index (κ2) is 6.98. The van der Waals surface area contributed by atoms with E-state index < -0.39 is 0 Å². The zero-order chi connectivity index (χ0) is 11.9. The average Bonchev–Trinajstić information content (AvgIpc) is 2.41. The fourth-order valence-corrected chi connectivity index (χ4v) is 2.69. The summed E-state index contributed by atoms with van der Waals surface area (Å²) in [6.45, 7) is 6.58. The predicted molar refractivity (Wildman–Crippen MR) is 76.1 cm³/mol. The lowest BCUT2D eigenvalue weighted by Crippen LogP contribution is -2.33. The summed E-state index contributed by atoms with van der Waals surface area (Å²) < 4.78 is 5.77. The third-order valence-corrected chi connectivity index (χ3v) is 4.18. The second-order valence-electron chi connectivity index (χ2n) is 4.53. The summed E-state index contributed by atoms with van der Waals surface area (Å²) in [5, 5.41) is 1.40. The van der Waals surface area contributed by atoms with Crippen LogP contribution in [0.15, 0.2) is 24.3 Å². The SMILES string of the molecule is CPc1ccc(OCCN2CCCCC2)cc1. The van der Waals surface area contributed by atoms with E-state index in [9.17, 15) is 0 Å². The second-order valence-corrected chi connectivity index (χ2v) is 5.60. The molecule has 1 aromatic rings. The Hall–Kier alpha value is -0.590. The molecular weight excluding hydrogens is 229 g/mol. The van der Waals surface area contributed by atoms with E-state index in [0.717, 1.165) is 27.5 Å². The van der Waals surface area contributed by atoms with Crippen molar-refractivity contribution in [1.82, 2.24) is 4.90 Å². The molecule has 0 amide bonds. The van der Waals surface area contributed by atoms with Crippen molar-refractivity contribution in [1.29, 1.82) is 0 Å². The quantitative estimate of drug-likeness (QED) is 0.745. The molecule has 1 fully saturated rings. The minimum absolute atomic E-state index is 0.813. The molecule has 0 aromatic heterocycles. The van der Waals surface area contributed by atoms with Gasteiger partial charge in [0.2, 0.25) is 0 Å². The van der Waals surface area contributed by atoms with Crippen LogP contribution in [0, 0.1) is 0 Å². The summed E-state index contributed by atoms with van der Waals surface area (Å²) in [5.74, 6) is 1.00. The summed E-state index contributed by atoms with van der Waals surface area (Å²) in [7, 11) is 0.868. The summed E-state index contributed by atoms with van der Waals surface area (Å²) in [5.41, 5.74) is 0. The molecule has 1 atom stereocenters. The Morgan fingerprint density at radius 2 is 1.82 bits per heavy atom. The van der Waals surface area contributed by atoms with Gasteiger partial charge in [-0.15, -0.1) is 0 Å². The third-order valence-electron chi connectivity index (χ3n) is 3.27. The first-order chi connectivity index (χ1) is 8.38. The van der Waals surface area contributed by atoms with Gasteiger partial charge in [0.1, 0.15) is 12.4 Å². The molecule has 1 aliphatic heterocycles. The zero-order valence-electron chi connectivity index (χ0n) is 10.6. The Morgan fingerprint density at radius 1 is 1.12 bits per heavy atom. The lowest BCUT2D eigenvalue weighted by molar-refractivity contribution is 0.183. The van der Waals surface area contributed by atoms with Gasteiger partial charge in [-0.3, -0.25) is 4.90 Å². The smallest absolute Gasteiger partial charge is 0.119 e. The number of nitrogens with zero attached hydrogens (tertiary/aromatic N) is 1. The van der Waals surface area contributed by atoms with E-state index in [-0.39, 0.29) is 0 Å². The monoisotopic (exact) mass is 251 g/mol. The van der Waals surface area contributed by atoms with Crippen molar-refractivity contribution in [2.24, 2.45) is 0 Å². The molecule has 0 aliphatic carbocycles. The highest BCUT2D eigenvalue weighted by Gasteiger charge is 2.09. The fraction of sp³-hybridized carbons (Fsp3) is 0.571. The van der Waals surface area contributed by atoms with Crippen LogP contribution in [0.25, 0.3) is 0 Å². The summed E-state index contributed by atoms with van der Waals surface area (Å²) in [6.07, 6.45) is 4.11. The van der Waals surface area contributed by atoms with Crippen molar-refractivity contribution >= 4 is 13.9 Å². The Labute approximate surface area is 106 Å². The van der Waals surface area contributed by atoms with Crippen molar-refractivity contribution in [2.75, 3.05) is 32.9 Å². The minimum Gasteiger partial charge on any atom is -0.492 e. The molecular formula is C14H22NOP. The Balaban J connectivity index is 1.69. The molecule has 3 heteroatoms. The number of ether oxygens (including phenoxy) is 1. The first-order valence-corrected chi connectivity index (χ1v) is 8.01. The summed E-state index contributed by atoms with van der Waals surface area (Å²) >= 11 is 0. The number of hydrogen-bond acceptors (Lipinski definition) is 2. The molecule has 2 nitrogen and oxygen atoms in total. The molecule has 1 aromatic carbocycles. The van der Waals surface area contributed by atoms with Crippen molar-refractivity contribution in [3.63, 3.8) is 0 Å². The van der Waals surface area contributed by atoms with Crippen molar-refractivity contribution < 1.29 is 4.74 Å².